The molecule has 0 atom stereocenters. The first-order valence-corrected chi connectivity index (χ1v) is 12.6. The van der Waals surface area contributed by atoms with Crippen molar-refractivity contribution in [2.45, 2.75) is 27.7 Å². The van der Waals surface area contributed by atoms with Crippen molar-refractivity contribution in [2.24, 2.45) is 0 Å². The van der Waals surface area contributed by atoms with Crippen LogP contribution >= 0.6 is 0 Å². The summed E-state index contributed by atoms with van der Waals surface area (Å²) in [5, 5.41) is 7.19. The van der Waals surface area contributed by atoms with E-state index >= 15 is 0 Å². The van der Waals surface area contributed by atoms with E-state index in [-0.39, 0.29) is 0 Å². The number of nitrogens with two attached hydrogens (primary N) is 2. The van der Waals surface area contributed by atoms with Crippen molar-refractivity contribution in [2.75, 3.05) is 11.5 Å². The fourth-order valence-corrected chi connectivity index (χ4v) is 3.90. The van der Waals surface area contributed by atoms with Gasteiger partial charge in [0.25, 0.3) is 0 Å². The molecule has 184 valence electrons. The second-order valence-electron chi connectivity index (χ2n) is 7.51. The van der Waals surface area contributed by atoms with Gasteiger partial charge in [0.1, 0.15) is 0 Å². The second-order valence-corrected chi connectivity index (χ2v) is 7.51. The van der Waals surface area contributed by atoms with E-state index in [1.807, 2.05) is 76.2 Å². The molecule has 2 heteroatoms. The van der Waals surface area contributed by atoms with Gasteiger partial charge in [-0.3, -0.25) is 0 Å². The van der Waals surface area contributed by atoms with Crippen LogP contribution in [0.5, 0.6) is 0 Å². The van der Waals surface area contributed by atoms with Crippen molar-refractivity contribution in [1.82, 2.24) is 0 Å². The van der Waals surface area contributed by atoms with E-state index in [0.29, 0.717) is 0 Å². The van der Waals surface area contributed by atoms with Gasteiger partial charge in [0.05, 0.1) is 0 Å². The van der Waals surface area contributed by atoms with Crippen LogP contribution in [-0.4, -0.2) is 0 Å². The number of para-hydroxylation sites is 1. The molecule has 0 aliphatic heterocycles. The number of benzene rings is 5. The Labute approximate surface area is 216 Å². The third kappa shape index (κ3) is 6.86. The third-order valence-electron chi connectivity index (χ3n) is 5.38. The van der Waals surface area contributed by atoms with Crippen LogP contribution in [0.15, 0.2) is 122 Å². The number of fused-ring (bicyclic) bond motifs is 5. The van der Waals surface area contributed by atoms with Gasteiger partial charge >= 0.3 is 0 Å². The van der Waals surface area contributed by atoms with E-state index in [1.54, 1.807) is 6.08 Å². The Morgan fingerprint density at radius 1 is 0.528 bits per heavy atom. The monoisotopic (exact) mass is 474 g/mol. The molecule has 5 rings (SSSR count). The Hall–Kier alpha value is -4.30. The average Bonchev–Trinajstić information content (AvgIpc) is 2.95. The van der Waals surface area contributed by atoms with E-state index in [2.05, 4.69) is 73.3 Å². The largest absolute Gasteiger partial charge is 0.399 e. The molecular formula is C34H38N2. The van der Waals surface area contributed by atoms with Crippen molar-refractivity contribution in [3.8, 4) is 0 Å². The van der Waals surface area contributed by atoms with Crippen LogP contribution in [0.4, 0.5) is 11.4 Å². The molecule has 0 aliphatic rings. The van der Waals surface area contributed by atoms with Crippen molar-refractivity contribution in [1.29, 1.82) is 0 Å². The second kappa shape index (κ2) is 14.9. The number of hydrogen-bond donors (Lipinski definition) is 2. The predicted molar refractivity (Wildman–Crippen MR) is 165 cm³/mol. The Kier molecular flexibility index (Phi) is 11.5. The molecule has 4 N–H and O–H groups in total. The fourth-order valence-electron chi connectivity index (χ4n) is 3.90. The molecule has 0 amide bonds. The van der Waals surface area contributed by atoms with Crippen LogP contribution in [0.3, 0.4) is 0 Å². The van der Waals surface area contributed by atoms with E-state index < -0.39 is 0 Å². The standard InChI is InChI=1S/C24H19N.C6H7N.2C2H6/c1-2-3-4-5-10-17-15-22-20-13-8-9-14-21(20)24(25)16-23(22)19-12-7-6-11-18(17)19;7-6-4-2-1-3-5-6;2*1-2/h2-16H,1,25H2;1-5H,7H2;2*1-2H3/b4-3-,10-5-;;;. The van der Waals surface area contributed by atoms with Gasteiger partial charge in [-0.15, -0.1) is 0 Å². The molecular weight excluding hydrogens is 436 g/mol. The Balaban J connectivity index is 0.000000351. The van der Waals surface area contributed by atoms with Gasteiger partial charge in [0, 0.05) is 16.8 Å². The lowest BCUT2D eigenvalue weighted by Crippen LogP contribution is -1.90. The fraction of sp³-hybridized carbons (Fsp3) is 0.118. The highest BCUT2D eigenvalue weighted by Crippen LogP contribution is 2.36. The summed E-state index contributed by atoms with van der Waals surface area (Å²) in [5.74, 6) is 0. The summed E-state index contributed by atoms with van der Waals surface area (Å²) in [5.41, 5.74) is 14.5. The molecule has 0 bridgehead atoms. The molecule has 2 nitrogen and oxygen atoms in total. The van der Waals surface area contributed by atoms with Crippen LogP contribution in [0.25, 0.3) is 38.4 Å². The van der Waals surface area contributed by atoms with Crippen LogP contribution < -0.4 is 11.5 Å². The highest BCUT2D eigenvalue weighted by molar-refractivity contribution is 6.21. The first kappa shape index (κ1) is 27.9. The van der Waals surface area contributed by atoms with Gasteiger partial charge in [-0.1, -0.05) is 131 Å². The van der Waals surface area contributed by atoms with Crippen LogP contribution in [-0.2, 0) is 0 Å². The molecule has 0 heterocycles. The first-order valence-electron chi connectivity index (χ1n) is 12.6. The lowest BCUT2D eigenvalue weighted by atomic mass is 9.93. The van der Waals surface area contributed by atoms with Gasteiger partial charge in [0.15, 0.2) is 0 Å². The molecule has 36 heavy (non-hydrogen) atoms. The molecule has 0 saturated carbocycles. The number of rotatable bonds is 3. The Bertz CT molecular complexity index is 1440. The normalized spacial score (nSPS) is 10.3. The van der Waals surface area contributed by atoms with Gasteiger partial charge in [-0.25, -0.2) is 0 Å². The maximum Gasteiger partial charge on any atom is 0.0400 e. The minimum Gasteiger partial charge on any atom is -0.399 e. The lowest BCUT2D eigenvalue weighted by Gasteiger charge is -2.12. The molecule has 0 aliphatic carbocycles. The Morgan fingerprint density at radius 2 is 1.03 bits per heavy atom. The van der Waals surface area contributed by atoms with Crippen molar-refractivity contribution in [3.05, 3.63) is 127 Å². The molecule has 0 aromatic heterocycles. The molecule has 0 radical (unpaired) electrons. The molecule has 0 spiro atoms. The summed E-state index contributed by atoms with van der Waals surface area (Å²) >= 11 is 0. The van der Waals surface area contributed by atoms with E-state index in [9.17, 15) is 0 Å². The summed E-state index contributed by atoms with van der Waals surface area (Å²) in [7, 11) is 0. The van der Waals surface area contributed by atoms with Crippen LogP contribution in [0.2, 0.25) is 0 Å². The maximum atomic E-state index is 6.33. The summed E-state index contributed by atoms with van der Waals surface area (Å²) < 4.78 is 0. The highest BCUT2D eigenvalue weighted by Gasteiger charge is 2.09. The van der Waals surface area contributed by atoms with E-state index in [1.165, 1.54) is 32.5 Å². The van der Waals surface area contributed by atoms with Gasteiger partial charge in [0.2, 0.25) is 0 Å². The predicted octanol–water partition coefficient (Wildman–Crippen LogP) is 9.80. The van der Waals surface area contributed by atoms with Crippen molar-refractivity contribution < 1.29 is 0 Å². The van der Waals surface area contributed by atoms with Crippen LogP contribution in [0, 0.1) is 0 Å². The van der Waals surface area contributed by atoms with Crippen molar-refractivity contribution in [3.63, 3.8) is 0 Å². The zero-order chi connectivity index (χ0) is 26.3. The third-order valence-corrected chi connectivity index (χ3v) is 5.38. The topological polar surface area (TPSA) is 52.0 Å². The summed E-state index contributed by atoms with van der Waals surface area (Å²) in [4.78, 5) is 0. The maximum absolute atomic E-state index is 6.33. The van der Waals surface area contributed by atoms with E-state index in [4.69, 9.17) is 11.5 Å². The summed E-state index contributed by atoms with van der Waals surface area (Å²) in [6.07, 6.45) is 9.89. The molecule has 0 unspecified atom stereocenters. The quantitative estimate of drug-likeness (QED) is 0.155. The zero-order valence-corrected chi connectivity index (χ0v) is 21.9. The summed E-state index contributed by atoms with van der Waals surface area (Å²) in [6, 6.07) is 30.7. The molecule has 5 aromatic rings. The molecule has 5 aromatic carbocycles. The minimum atomic E-state index is 0.822. The van der Waals surface area contributed by atoms with Gasteiger partial charge < -0.3 is 11.5 Å². The molecule has 0 saturated heterocycles. The minimum absolute atomic E-state index is 0.822. The van der Waals surface area contributed by atoms with E-state index in [0.717, 1.165) is 16.8 Å². The number of allylic oxidation sites excluding steroid dienone is 4. The SMILES string of the molecule is C=C/C=C\C=C/c1cc2c3ccccc3c(N)cc2c2ccccc12.CC.CC.Nc1ccccc1. The number of nitrogen functional groups attached to an aromatic ring is 2. The first-order chi connectivity index (χ1) is 17.7. The smallest absolute Gasteiger partial charge is 0.0400 e. The number of hydrogen-bond acceptors (Lipinski definition) is 2. The lowest BCUT2D eigenvalue weighted by molar-refractivity contribution is 1.50. The zero-order valence-electron chi connectivity index (χ0n) is 21.9. The highest BCUT2D eigenvalue weighted by atomic mass is 14.6. The summed E-state index contributed by atoms with van der Waals surface area (Å²) in [6.45, 7) is 11.7. The van der Waals surface area contributed by atoms with Crippen LogP contribution in [0.1, 0.15) is 33.3 Å². The van der Waals surface area contributed by atoms with Gasteiger partial charge in [-0.05, 0) is 56.8 Å². The average molecular weight is 475 g/mol. The Morgan fingerprint density at radius 3 is 1.58 bits per heavy atom. The van der Waals surface area contributed by atoms with Crippen molar-refractivity contribution >= 4 is 49.8 Å². The number of anilines is 2. The van der Waals surface area contributed by atoms with Gasteiger partial charge in [-0.2, -0.15) is 0 Å². The molecule has 0 fully saturated rings.